The van der Waals surface area contributed by atoms with Gasteiger partial charge in [0, 0.05) is 53.9 Å². The predicted octanol–water partition coefficient (Wildman–Crippen LogP) is 4.31. The molecule has 0 radical (unpaired) electrons. The monoisotopic (exact) mass is 482 g/mol. The van der Waals surface area contributed by atoms with Crippen molar-refractivity contribution >= 4 is 22.7 Å². The van der Waals surface area contributed by atoms with E-state index in [1.165, 1.54) is 6.20 Å². The zero-order chi connectivity index (χ0) is 24.6. The van der Waals surface area contributed by atoms with Gasteiger partial charge in [0.25, 0.3) is 6.02 Å². The summed E-state index contributed by atoms with van der Waals surface area (Å²) in [5, 5.41) is 17.1. The van der Waals surface area contributed by atoms with E-state index < -0.39 is 22.8 Å². The normalized spacial score (nSPS) is 17.8. The van der Waals surface area contributed by atoms with Gasteiger partial charge in [-0.2, -0.15) is 5.10 Å². The summed E-state index contributed by atoms with van der Waals surface area (Å²) in [6.45, 7) is 4.93. The SMILES string of the molecule is CCn1nccc1-c1c[nH]c2nccc(Oc3c(F)cc(NC4=NC[C@](C)(CO)CO4)cc3F)c12. The second-order valence-electron chi connectivity index (χ2n) is 8.64. The number of nitrogens with zero attached hydrogens (tertiary/aromatic N) is 4. The Labute approximate surface area is 199 Å². The second-order valence-corrected chi connectivity index (χ2v) is 8.64. The number of aromatic nitrogens is 4. The van der Waals surface area contributed by atoms with Crippen LogP contribution in [0.4, 0.5) is 14.5 Å². The zero-order valence-electron chi connectivity index (χ0n) is 19.2. The number of H-pyrrole nitrogens is 1. The predicted molar refractivity (Wildman–Crippen MR) is 126 cm³/mol. The van der Waals surface area contributed by atoms with E-state index in [4.69, 9.17) is 9.47 Å². The summed E-state index contributed by atoms with van der Waals surface area (Å²) in [5.74, 6) is -2.09. The highest BCUT2D eigenvalue weighted by atomic mass is 19.1. The van der Waals surface area contributed by atoms with Crippen LogP contribution in [0.25, 0.3) is 22.3 Å². The molecule has 11 heteroatoms. The Kier molecular flexibility index (Phi) is 5.85. The highest BCUT2D eigenvalue weighted by Crippen LogP contribution is 2.38. The molecular formula is C24H24F2N6O3. The highest BCUT2D eigenvalue weighted by Gasteiger charge is 2.29. The Morgan fingerprint density at radius 1 is 1.26 bits per heavy atom. The molecule has 1 aliphatic heterocycles. The lowest BCUT2D eigenvalue weighted by Crippen LogP contribution is -2.38. The van der Waals surface area contributed by atoms with Gasteiger partial charge < -0.3 is 24.9 Å². The number of pyridine rings is 1. The molecule has 0 saturated heterocycles. The number of ether oxygens (including phenoxy) is 2. The van der Waals surface area contributed by atoms with Crippen LogP contribution in [0.15, 0.2) is 47.8 Å². The number of aromatic amines is 1. The van der Waals surface area contributed by atoms with Gasteiger partial charge in [0.15, 0.2) is 17.4 Å². The summed E-state index contributed by atoms with van der Waals surface area (Å²) in [6.07, 6.45) is 4.95. The maximum atomic E-state index is 15.0. The number of halogens is 2. The quantitative estimate of drug-likeness (QED) is 0.378. The van der Waals surface area contributed by atoms with Crippen molar-refractivity contribution in [2.75, 3.05) is 25.1 Å². The minimum atomic E-state index is -0.898. The molecule has 0 amide bonds. The molecule has 1 aliphatic rings. The summed E-state index contributed by atoms with van der Waals surface area (Å²) in [5.41, 5.74) is 1.73. The number of amidine groups is 1. The molecule has 1 aromatic carbocycles. The number of hydrogen-bond acceptors (Lipinski definition) is 7. The lowest BCUT2D eigenvalue weighted by atomic mass is 9.93. The van der Waals surface area contributed by atoms with Crippen LogP contribution in [-0.2, 0) is 11.3 Å². The first-order valence-electron chi connectivity index (χ1n) is 11.1. The zero-order valence-corrected chi connectivity index (χ0v) is 19.2. The number of aliphatic imine (C=N–C) groups is 1. The molecule has 9 nitrogen and oxygen atoms in total. The van der Waals surface area contributed by atoms with E-state index in [0.29, 0.717) is 24.1 Å². The van der Waals surface area contributed by atoms with Gasteiger partial charge in [-0.25, -0.2) is 18.8 Å². The topological polar surface area (TPSA) is 110 Å². The van der Waals surface area contributed by atoms with Crippen LogP contribution < -0.4 is 10.1 Å². The maximum absolute atomic E-state index is 15.0. The fourth-order valence-corrected chi connectivity index (χ4v) is 3.86. The van der Waals surface area contributed by atoms with Crippen molar-refractivity contribution in [1.82, 2.24) is 19.7 Å². The van der Waals surface area contributed by atoms with Crippen molar-refractivity contribution in [3.63, 3.8) is 0 Å². The van der Waals surface area contributed by atoms with Gasteiger partial charge in [0.2, 0.25) is 0 Å². The number of fused-ring (bicyclic) bond motifs is 1. The van der Waals surface area contributed by atoms with Gasteiger partial charge in [-0.05, 0) is 19.1 Å². The van der Waals surface area contributed by atoms with Gasteiger partial charge >= 0.3 is 0 Å². The van der Waals surface area contributed by atoms with Crippen LogP contribution in [0, 0.1) is 17.0 Å². The summed E-state index contributed by atoms with van der Waals surface area (Å²) in [7, 11) is 0. The first-order chi connectivity index (χ1) is 16.9. The Morgan fingerprint density at radius 3 is 2.74 bits per heavy atom. The average Bonchev–Trinajstić information content (AvgIpc) is 3.50. The van der Waals surface area contributed by atoms with Crippen molar-refractivity contribution in [2.45, 2.75) is 20.4 Å². The summed E-state index contributed by atoms with van der Waals surface area (Å²) >= 11 is 0. The van der Waals surface area contributed by atoms with E-state index in [-0.39, 0.29) is 30.7 Å². The lowest BCUT2D eigenvalue weighted by Gasteiger charge is -2.30. The molecule has 35 heavy (non-hydrogen) atoms. The van der Waals surface area contributed by atoms with Crippen LogP contribution in [0.5, 0.6) is 11.5 Å². The lowest BCUT2D eigenvalue weighted by molar-refractivity contribution is 0.0706. The minimum absolute atomic E-state index is 0.0784. The molecule has 0 spiro atoms. The Balaban J connectivity index is 1.44. The Hall–Kier alpha value is -3.99. The van der Waals surface area contributed by atoms with E-state index in [9.17, 15) is 13.9 Å². The van der Waals surface area contributed by atoms with Crippen molar-refractivity contribution in [3.05, 3.63) is 54.5 Å². The molecule has 5 rings (SSSR count). The van der Waals surface area contributed by atoms with Crippen LogP contribution >= 0.6 is 0 Å². The number of aliphatic hydroxyl groups is 1. The number of rotatable bonds is 6. The van der Waals surface area contributed by atoms with Crippen LogP contribution in [-0.4, -0.2) is 50.6 Å². The molecule has 0 aliphatic carbocycles. The Bertz CT molecular complexity index is 1390. The van der Waals surface area contributed by atoms with Crippen LogP contribution in [0.1, 0.15) is 13.8 Å². The average molecular weight is 482 g/mol. The number of hydrogen-bond donors (Lipinski definition) is 3. The number of anilines is 1. The first-order valence-corrected chi connectivity index (χ1v) is 11.1. The van der Waals surface area contributed by atoms with Gasteiger partial charge in [-0.15, -0.1) is 0 Å². The number of aliphatic hydroxyl groups excluding tert-OH is 1. The molecule has 0 fully saturated rings. The minimum Gasteiger partial charge on any atom is -0.464 e. The third kappa shape index (κ3) is 4.30. The molecule has 0 saturated carbocycles. The molecule has 3 aromatic heterocycles. The van der Waals surface area contributed by atoms with Gasteiger partial charge in [0.05, 0.1) is 24.2 Å². The molecule has 3 N–H and O–H groups in total. The van der Waals surface area contributed by atoms with E-state index in [1.54, 1.807) is 23.1 Å². The van der Waals surface area contributed by atoms with E-state index in [2.05, 4.69) is 25.4 Å². The van der Waals surface area contributed by atoms with Crippen molar-refractivity contribution in [1.29, 1.82) is 0 Å². The molecule has 4 aromatic rings. The van der Waals surface area contributed by atoms with Crippen molar-refractivity contribution < 1.29 is 23.4 Å². The summed E-state index contributed by atoms with van der Waals surface area (Å²) in [6, 6.07) is 5.74. The molecule has 182 valence electrons. The largest absolute Gasteiger partial charge is 0.464 e. The highest BCUT2D eigenvalue weighted by molar-refractivity contribution is 5.97. The van der Waals surface area contributed by atoms with E-state index >= 15 is 0 Å². The molecular weight excluding hydrogens is 458 g/mol. The number of benzene rings is 1. The standard InChI is InChI=1S/C24H24F2N6O3/c1-3-32-18(4-7-30-32)15-10-28-22-20(15)19(5-6-27-22)35-21-16(25)8-14(9-17(21)26)31-23-29-11-24(2,12-33)13-34-23/h4-10,33H,3,11-13H2,1-2H3,(H,27,28)(H,29,31)/t24-/m1/s1. The second kappa shape index (κ2) is 8.99. The fraction of sp³-hybridized carbons (Fsp3) is 0.292. The summed E-state index contributed by atoms with van der Waals surface area (Å²) < 4.78 is 43.0. The van der Waals surface area contributed by atoms with Gasteiger partial charge in [-0.1, -0.05) is 6.92 Å². The third-order valence-corrected chi connectivity index (χ3v) is 5.83. The van der Waals surface area contributed by atoms with Crippen LogP contribution in [0.2, 0.25) is 0 Å². The smallest absolute Gasteiger partial charge is 0.289 e. The molecule has 0 bridgehead atoms. The maximum Gasteiger partial charge on any atom is 0.289 e. The molecule has 4 heterocycles. The van der Waals surface area contributed by atoms with Gasteiger partial charge in [0.1, 0.15) is 18.0 Å². The van der Waals surface area contributed by atoms with E-state index in [0.717, 1.165) is 23.4 Å². The fourth-order valence-electron chi connectivity index (χ4n) is 3.86. The molecule has 0 unspecified atom stereocenters. The number of nitrogens with one attached hydrogen (secondary N) is 2. The Morgan fingerprint density at radius 2 is 2.06 bits per heavy atom. The van der Waals surface area contributed by atoms with Gasteiger partial charge in [-0.3, -0.25) is 4.68 Å². The molecule has 1 atom stereocenters. The number of aryl methyl sites for hydroxylation is 1. The third-order valence-electron chi connectivity index (χ3n) is 5.83. The van der Waals surface area contributed by atoms with E-state index in [1.807, 2.05) is 19.9 Å². The van der Waals surface area contributed by atoms with Crippen molar-refractivity contribution in [3.8, 4) is 22.8 Å². The summed E-state index contributed by atoms with van der Waals surface area (Å²) in [4.78, 5) is 11.6. The van der Waals surface area contributed by atoms with Crippen LogP contribution in [0.3, 0.4) is 0 Å². The first kappa shape index (κ1) is 22.8. The van der Waals surface area contributed by atoms with Crippen molar-refractivity contribution in [2.24, 2.45) is 10.4 Å².